The van der Waals surface area contributed by atoms with E-state index in [2.05, 4.69) is 4.98 Å². The number of pyridine rings is 1. The SMILES string of the molecule is Cc1cccc(C(=O)N2CCN(C(=O)c3ccc(Cl)cc3)CC2)n1. The van der Waals surface area contributed by atoms with Gasteiger partial charge in [-0.25, -0.2) is 4.98 Å². The topological polar surface area (TPSA) is 53.5 Å². The first-order valence-electron chi connectivity index (χ1n) is 7.82. The molecule has 1 aliphatic rings. The molecule has 6 heteroatoms. The van der Waals surface area contributed by atoms with Crippen LogP contribution in [0.1, 0.15) is 26.5 Å². The summed E-state index contributed by atoms with van der Waals surface area (Å²) < 4.78 is 0. The zero-order valence-corrected chi connectivity index (χ0v) is 14.2. The highest BCUT2D eigenvalue weighted by molar-refractivity contribution is 6.30. The Morgan fingerprint density at radius 3 is 2.08 bits per heavy atom. The van der Waals surface area contributed by atoms with E-state index in [9.17, 15) is 9.59 Å². The molecule has 3 rings (SSSR count). The number of rotatable bonds is 2. The van der Waals surface area contributed by atoms with Crippen LogP contribution in [-0.2, 0) is 0 Å². The molecule has 1 aliphatic heterocycles. The third-order valence-electron chi connectivity index (χ3n) is 4.05. The second kappa shape index (κ2) is 7.01. The number of carbonyl (C=O) groups excluding carboxylic acids is 2. The molecule has 24 heavy (non-hydrogen) atoms. The van der Waals surface area contributed by atoms with E-state index in [0.29, 0.717) is 42.5 Å². The molecule has 0 atom stereocenters. The van der Waals surface area contributed by atoms with Gasteiger partial charge in [0, 0.05) is 42.5 Å². The second-order valence-electron chi connectivity index (χ2n) is 5.76. The summed E-state index contributed by atoms with van der Waals surface area (Å²) in [7, 11) is 0. The fourth-order valence-electron chi connectivity index (χ4n) is 2.71. The maximum absolute atomic E-state index is 12.5. The second-order valence-corrected chi connectivity index (χ2v) is 6.19. The van der Waals surface area contributed by atoms with Gasteiger partial charge in [-0.2, -0.15) is 0 Å². The van der Waals surface area contributed by atoms with Crippen molar-refractivity contribution in [3.8, 4) is 0 Å². The normalized spacial score (nSPS) is 14.6. The van der Waals surface area contributed by atoms with E-state index in [1.807, 2.05) is 19.1 Å². The Morgan fingerprint density at radius 2 is 1.50 bits per heavy atom. The average Bonchev–Trinajstić information content (AvgIpc) is 2.61. The molecular formula is C18H18ClN3O2. The van der Waals surface area contributed by atoms with Crippen LogP contribution >= 0.6 is 11.6 Å². The molecule has 1 aromatic heterocycles. The summed E-state index contributed by atoms with van der Waals surface area (Å²) in [4.78, 5) is 32.7. The summed E-state index contributed by atoms with van der Waals surface area (Å²) in [6.45, 7) is 3.90. The van der Waals surface area contributed by atoms with Gasteiger partial charge in [-0.15, -0.1) is 0 Å². The molecule has 1 saturated heterocycles. The summed E-state index contributed by atoms with van der Waals surface area (Å²) >= 11 is 5.85. The number of nitrogens with zero attached hydrogens (tertiary/aromatic N) is 3. The van der Waals surface area contributed by atoms with Gasteiger partial charge in [0.15, 0.2) is 0 Å². The van der Waals surface area contributed by atoms with Crippen LogP contribution in [0.15, 0.2) is 42.5 Å². The van der Waals surface area contributed by atoms with Crippen molar-refractivity contribution in [2.45, 2.75) is 6.92 Å². The maximum atomic E-state index is 12.5. The van der Waals surface area contributed by atoms with Crippen molar-refractivity contribution in [3.05, 3.63) is 64.4 Å². The lowest BCUT2D eigenvalue weighted by molar-refractivity contribution is 0.0532. The number of benzene rings is 1. The molecule has 5 nitrogen and oxygen atoms in total. The minimum atomic E-state index is -0.0858. The van der Waals surface area contributed by atoms with Crippen molar-refractivity contribution in [2.24, 2.45) is 0 Å². The molecule has 1 aromatic carbocycles. The van der Waals surface area contributed by atoms with Crippen LogP contribution in [-0.4, -0.2) is 52.8 Å². The lowest BCUT2D eigenvalue weighted by atomic mass is 10.1. The summed E-state index contributed by atoms with van der Waals surface area (Å²) in [5.74, 6) is -0.121. The number of halogens is 1. The number of carbonyl (C=O) groups is 2. The average molecular weight is 344 g/mol. The van der Waals surface area contributed by atoms with Gasteiger partial charge in [-0.05, 0) is 43.3 Å². The number of piperazine rings is 1. The van der Waals surface area contributed by atoms with Gasteiger partial charge in [0.25, 0.3) is 11.8 Å². The number of hydrogen-bond acceptors (Lipinski definition) is 3. The summed E-state index contributed by atoms with van der Waals surface area (Å²) in [5.41, 5.74) is 1.88. The standard InChI is InChI=1S/C18H18ClN3O2/c1-13-3-2-4-16(20-13)18(24)22-11-9-21(10-12-22)17(23)14-5-7-15(19)8-6-14/h2-8H,9-12H2,1H3. The van der Waals surface area contributed by atoms with Gasteiger partial charge in [0.05, 0.1) is 0 Å². The molecule has 1 fully saturated rings. The first kappa shape index (κ1) is 16.5. The van der Waals surface area contributed by atoms with E-state index in [4.69, 9.17) is 11.6 Å². The Balaban J connectivity index is 1.62. The van der Waals surface area contributed by atoms with E-state index in [1.165, 1.54) is 0 Å². The fourth-order valence-corrected chi connectivity index (χ4v) is 2.84. The Morgan fingerprint density at radius 1 is 0.917 bits per heavy atom. The number of hydrogen-bond donors (Lipinski definition) is 0. The van der Waals surface area contributed by atoms with Crippen molar-refractivity contribution in [3.63, 3.8) is 0 Å². The third-order valence-corrected chi connectivity index (χ3v) is 4.30. The summed E-state index contributed by atoms with van der Waals surface area (Å²) in [5, 5.41) is 0.604. The molecule has 124 valence electrons. The highest BCUT2D eigenvalue weighted by atomic mass is 35.5. The van der Waals surface area contributed by atoms with Crippen LogP contribution in [0.5, 0.6) is 0 Å². The van der Waals surface area contributed by atoms with Gasteiger partial charge < -0.3 is 9.80 Å². The summed E-state index contributed by atoms with van der Waals surface area (Å²) in [6, 6.07) is 12.3. The van der Waals surface area contributed by atoms with Gasteiger partial charge in [0.2, 0.25) is 0 Å². The molecule has 2 amide bonds. The van der Waals surface area contributed by atoms with Crippen LogP contribution < -0.4 is 0 Å². The van der Waals surface area contributed by atoms with E-state index < -0.39 is 0 Å². The Hall–Kier alpha value is -2.40. The van der Waals surface area contributed by atoms with Crippen molar-refractivity contribution >= 4 is 23.4 Å². The molecule has 0 unspecified atom stereocenters. The first-order chi connectivity index (χ1) is 11.5. The van der Waals surface area contributed by atoms with Crippen LogP contribution in [0.3, 0.4) is 0 Å². The minimum absolute atomic E-state index is 0.0348. The highest BCUT2D eigenvalue weighted by Gasteiger charge is 2.26. The zero-order valence-electron chi connectivity index (χ0n) is 13.4. The predicted molar refractivity (Wildman–Crippen MR) is 92.2 cm³/mol. The number of aromatic nitrogens is 1. The number of amides is 2. The van der Waals surface area contributed by atoms with Crippen LogP contribution in [0.25, 0.3) is 0 Å². The molecule has 0 radical (unpaired) electrons. The van der Waals surface area contributed by atoms with Crippen molar-refractivity contribution < 1.29 is 9.59 Å². The molecule has 0 bridgehead atoms. The quantitative estimate of drug-likeness (QED) is 0.842. The Kier molecular flexibility index (Phi) is 4.81. The smallest absolute Gasteiger partial charge is 0.272 e. The first-order valence-corrected chi connectivity index (χ1v) is 8.20. The van der Waals surface area contributed by atoms with Crippen molar-refractivity contribution in [1.82, 2.24) is 14.8 Å². The van der Waals surface area contributed by atoms with Gasteiger partial charge in [0.1, 0.15) is 5.69 Å². The van der Waals surface area contributed by atoms with Crippen LogP contribution in [0.4, 0.5) is 0 Å². The Bertz CT molecular complexity index is 753. The molecule has 2 aromatic rings. The molecule has 0 N–H and O–H groups in total. The lowest BCUT2D eigenvalue weighted by Crippen LogP contribution is -2.50. The van der Waals surface area contributed by atoms with Crippen molar-refractivity contribution in [1.29, 1.82) is 0 Å². The van der Waals surface area contributed by atoms with Crippen LogP contribution in [0.2, 0.25) is 5.02 Å². The van der Waals surface area contributed by atoms with E-state index in [1.54, 1.807) is 40.1 Å². The van der Waals surface area contributed by atoms with E-state index >= 15 is 0 Å². The molecule has 0 saturated carbocycles. The van der Waals surface area contributed by atoms with E-state index in [-0.39, 0.29) is 11.8 Å². The summed E-state index contributed by atoms with van der Waals surface area (Å²) in [6.07, 6.45) is 0. The minimum Gasteiger partial charge on any atom is -0.335 e. The fraction of sp³-hybridized carbons (Fsp3) is 0.278. The maximum Gasteiger partial charge on any atom is 0.272 e. The zero-order chi connectivity index (χ0) is 17.1. The molecule has 2 heterocycles. The monoisotopic (exact) mass is 343 g/mol. The molecule has 0 aliphatic carbocycles. The van der Waals surface area contributed by atoms with Gasteiger partial charge in [-0.1, -0.05) is 17.7 Å². The van der Waals surface area contributed by atoms with Crippen LogP contribution in [0, 0.1) is 6.92 Å². The number of aryl methyl sites for hydroxylation is 1. The highest BCUT2D eigenvalue weighted by Crippen LogP contribution is 2.14. The molecular weight excluding hydrogens is 326 g/mol. The van der Waals surface area contributed by atoms with Crippen molar-refractivity contribution in [2.75, 3.05) is 26.2 Å². The lowest BCUT2D eigenvalue weighted by Gasteiger charge is -2.34. The van der Waals surface area contributed by atoms with E-state index in [0.717, 1.165) is 5.69 Å². The Labute approximate surface area is 145 Å². The predicted octanol–water partition coefficient (Wildman–Crippen LogP) is 2.64. The largest absolute Gasteiger partial charge is 0.335 e. The molecule has 0 spiro atoms. The third kappa shape index (κ3) is 3.57. The van der Waals surface area contributed by atoms with Gasteiger partial charge >= 0.3 is 0 Å². The van der Waals surface area contributed by atoms with Gasteiger partial charge in [-0.3, -0.25) is 9.59 Å².